The van der Waals surface area contributed by atoms with E-state index < -0.39 is 0 Å². The lowest BCUT2D eigenvalue weighted by Gasteiger charge is -2.25. The summed E-state index contributed by atoms with van der Waals surface area (Å²) in [5.41, 5.74) is 5.89. The van der Waals surface area contributed by atoms with Gasteiger partial charge in [-0.15, -0.1) is 0 Å². The smallest absolute Gasteiger partial charge is 0.157 e. The minimum Gasteiger partial charge on any atom is -0.490 e. The van der Waals surface area contributed by atoms with Crippen molar-refractivity contribution < 1.29 is 4.74 Å². The summed E-state index contributed by atoms with van der Waals surface area (Å²) in [6.07, 6.45) is 9.57. The average molecular weight is 237 g/mol. The molecule has 96 valence electrons. The van der Waals surface area contributed by atoms with Crippen LogP contribution in [-0.4, -0.2) is 22.4 Å². The molecule has 0 aliphatic heterocycles. The highest BCUT2D eigenvalue weighted by atomic mass is 16.5. The maximum Gasteiger partial charge on any atom is 0.157 e. The van der Waals surface area contributed by atoms with E-state index in [9.17, 15) is 0 Å². The van der Waals surface area contributed by atoms with Crippen LogP contribution in [0, 0.1) is 5.92 Å². The predicted octanol–water partition coefficient (Wildman–Crippen LogP) is 2.19. The fourth-order valence-corrected chi connectivity index (χ4v) is 2.34. The van der Waals surface area contributed by atoms with Crippen LogP contribution in [0.25, 0.3) is 0 Å². The van der Waals surface area contributed by atoms with Gasteiger partial charge in [0, 0.05) is 12.6 Å². The van der Waals surface area contributed by atoms with Gasteiger partial charge in [0.2, 0.25) is 0 Å². The molecule has 17 heavy (non-hydrogen) atoms. The van der Waals surface area contributed by atoms with Crippen LogP contribution >= 0.6 is 0 Å². The highest BCUT2D eigenvalue weighted by Crippen LogP contribution is 2.24. The molecule has 0 saturated heterocycles. The molecule has 4 nitrogen and oxygen atoms in total. The molecule has 1 aromatic rings. The van der Waals surface area contributed by atoms with E-state index in [1.165, 1.54) is 12.8 Å². The van der Waals surface area contributed by atoms with E-state index in [0.717, 1.165) is 38.2 Å². The van der Waals surface area contributed by atoms with Gasteiger partial charge >= 0.3 is 0 Å². The van der Waals surface area contributed by atoms with Gasteiger partial charge < -0.3 is 10.5 Å². The van der Waals surface area contributed by atoms with Crippen LogP contribution in [0.3, 0.4) is 0 Å². The molecule has 4 heteroatoms. The van der Waals surface area contributed by atoms with Crippen molar-refractivity contribution in [3.05, 3.63) is 12.4 Å². The Kier molecular flexibility index (Phi) is 4.42. The Morgan fingerprint density at radius 2 is 2.18 bits per heavy atom. The lowest BCUT2D eigenvalue weighted by atomic mass is 9.87. The van der Waals surface area contributed by atoms with Gasteiger partial charge in [0.05, 0.1) is 19.0 Å². The molecule has 0 atom stereocenters. The lowest BCUT2D eigenvalue weighted by Crippen LogP contribution is -2.28. The summed E-state index contributed by atoms with van der Waals surface area (Å²) < 4.78 is 7.72. The van der Waals surface area contributed by atoms with E-state index in [0.29, 0.717) is 12.0 Å². The molecule has 1 aliphatic rings. The van der Waals surface area contributed by atoms with E-state index >= 15 is 0 Å². The van der Waals surface area contributed by atoms with Gasteiger partial charge in [0.1, 0.15) is 0 Å². The molecule has 1 aromatic heterocycles. The minimum absolute atomic E-state index is 0.415. The van der Waals surface area contributed by atoms with Crippen LogP contribution in [0.15, 0.2) is 12.4 Å². The fourth-order valence-electron chi connectivity index (χ4n) is 2.34. The predicted molar refractivity (Wildman–Crippen MR) is 67.9 cm³/mol. The number of hydrogen-bond donors (Lipinski definition) is 1. The van der Waals surface area contributed by atoms with Crippen LogP contribution in [0.5, 0.6) is 5.75 Å². The molecule has 0 spiro atoms. The quantitative estimate of drug-likeness (QED) is 0.854. The second-order valence-electron chi connectivity index (χ2n) is 5.03. The topological polar surface area (TPSA) is 53.1 Å². The number of rotatable bonds is 5. The summed E-state index contributed by atoms with van der Waals surface area (Å²) >= 11 is 0. The zero-order valence-electron chi connectivity index (χ0n) is 10.6. The van der Waals surface area contributed by atoms with Crippen LogP contribution in [0.4, 0.5) is 0 Å². The third-order valence-corrected chi connectivity index (χ3v) is 3.44. The largest absolute Gasteiger partial charge is 0.490 e. The number of nitrogens with two attached hydrogens (primary N) is 1. The molecular weight excluding hydrogens is 214 g/mol. The number of aryl methyl sites for hydroxylation is 1. The summed E-state index contributed by atoms with van der Waals surface area (Å²) in [4.78, 5) is 0. The summed E-state index contributed by atoms with van der Waals surface area (Å²) in [7, 11) is 0. The third-order valence-electron chi connectivity index (χ3n) is 3.44. The molecule has 0 unspecified atom stereocenters. The Labute approximate surface area is 103 Å². The zero-order chi connectivity index (χ0) is 12.1. The van der Waals surface area contributed by atoms with Crippen LogP contribution in [0.1, 0.15) is 39.0 Å². The molecule has 0 amide bonds. The van der Waals surface area contributed by atoms with Crippen molar-refractivity contribution in [1.29, 1.82) is 0 Å². The number of ether oxygens (including phenoxy) is 1. The number of hydrogen-bond acceptors (Lipinski definition) is 3. The second-order valence-corrected chi connectivity index (χ2v) is 5.03. The number of aromatic nitrogens is 2. The molecule has 0 bridgehead atoms. The standard InChI is InChI=1S/C13H23N3O/c1-2-7-16-9-13(8-15-16)17-10-11-3-5-12(14)6-4-11/h8-9,11-12H,2-7,10,14H2,1H3. The lowest BCUT2D eigenvalue weighted by molar-refractivity contribution is 0.200. The van der Waals surface area contributed by atoms with E-state index in [1.54, 1.807) is 0 Å². The van der Waals surface area contributed by atoms with Gasteiger partial charge in [-0.1, -0.05) is 6.92 Å². The molecule has 2 N–H and O–H groups in total. The van der Waals surface area contributed by atoms with Gasteiger partial charge in [-0.3, -0.25) is 4.68 Å². The first kappa shape index (κ1) is 12.4. The normalized spacial score (nSPS) is 24.8. The Bertz CT molecular complexity index is 329. The van der Waals surface area contributed by atoms with Crippen molar-refractivity contribution in [3.63, 3.8) is 0 Å². The monoisotopic (exact) mass is 237 g/mol. The highest BCUT2D eigenvalue weighted by molar-refractivity contribution is 5.11. The molecule has 1 heterocycles. The molecule has 1 saturated carbocycles. The molecule has 1 fully saturated rings. The molecule has 1 aliphatic carbocycles. The maximum atomic E-state index is 5.89. The first-order valence-electron chi connectivity index (χ1n) is 6.68. The second kappa shape index (κ2) is 6.05. The van der Waals surface area contributed by atoms with Crippen molar-refractivity contribution in [2.75, 3.05) is 6.61 Å². The molecule has 0 radical (unpaired) electrons. The van der Waals surface area contributed by atoms with Gasteiger partial charge in [-0.2, -0.15) is 5.10 Å². The average Bonchev–Trinajstić information content (AvgIpc) is 2.77. The summed E-state index contributed by atoms with van der Waals surface area (Å²) in [6.45, 7) is 3.92. The Balaban J connectivity index is 1.73. The Hall–Kier alpha value is -1.03. The van der Waals surface area contributed by atoms with Crippen LogP contribution in [-0.2, 0) is 6.54 Å². The van der Waals surface area contributed by atoms with E-state index in [4.69, 9.17) is 10.5 Å². The van der Waals surface area contributed by atoms with E-state index in [1.807, 2.05) is 17.1 Å². The maximum absolute atomic E-state index is 5.89. The van der Waals surface area contributed by atoms with Gasteiger partial charge in [-0.25, -0.2) is 0 Å². The van der Waals surface area contributed by atoms with Gasteiger partial charge in [0.25, 0.3) is 0 Å². The molecular formula is C13H23N3O. The van der Waals surface area contributed by atoms with Crippen molar-refractivity contribution in [1.82, 2.24) is 9.78 Å². The van der Waals surface area contributed by atoms with Crippen molar-refractivity contribution in [2.45, 2.75) is 51.6 Å². The minimum atomic E-state index is 0.415. The van der Waals surface area contributed by atoms with Crippen LogP contribution in [0.2, 0.25) is 0 Å². The number of nitrogens with zero attached hydrogens (tertiary/aromatic N) is 2. The molecule has 0 aromatic carbocycles. The summed E-state index contributed by atoms with van der Waals surface area (Å²) in [6, 6.07) is 0.415. The summed E-state index contributed by atoms with van der Waals surface area (Å²) in [5.74, 6) is 1.57. The van der Waals surface area contributed by atoms with E-state index in [2.05, 4.69) is 12.0 Å². The Morgan fingerprint density at radius 1 is 1.41 bits per heavy atom. The first-order chi connectivity index (χ1) is 8.28. The summed E-state index contributed by atoms with van der Waals surface area (Å²) in [5, 5.41) is 4.25. The van der Waals surface area contributed by atoms with Crippen molar-refractivity contribution >= 4 is 0 Å². The fraction of sp³-hybridized carbons (Fsp3) is 0.769. The Morgan fingerprint density at radius 3 is 2.88 bits per heavy atom. The zero-order valence-corrected chi connectivity index (χ0v) is 10.6. The van der Waals surface area contributed by atoms with Gasteiger partial charge in [0.15, 0.2) is 5.75 Å². The third kappa shape index (κ3) is 3.73. The highest BCUT2D eigenvalue weighted by Gasteiger charge is 2.19. The molecule has 2 rings (SSSR count). The van der Waals surface area contributed by atoms with Gasteiger partial charge in [-0.05, 0) is 38.0 Å². The first-order valence-corrected chi connectivity index (χ1v) is 6.68. The van der Waals surface area contributed by atoms with Crippen molar-refractivity contribution in [3.8, 4) is 5.75 Å². The van der Waals surface area contributed by atoms with Crippen LogP contribution < -0.4 is 10.5 Å². The SMILES string of the molecule is CCCn1cc(OCC2CCC(N)CC2)cn1. The van der Waals surface area contributed by atoms with E-state index in [-0.39, 0.29) is 0 Å². The van der Waals surface area contributed by atoms with Crippen molar-refractivity contribution in [2.24, 2.45) is 11.7 Å².